The zero-order chi connectivity index (χ0) is 28.9. The van der Waals surface area contributed by atoms with Crippen LogP contribution in [0.1, 0.15) is 65.2 Å². The van der Waals surface area contributed by atoms with E-state index in [1.165, 1.54) is 11.8 Å². The van der Waals surface area contributed by atoms with Gasteiger partial charge in [-0.05, 0) is 26.2 Å². The summed E-state index contributed by atoms with van der Waals surface area (Å²) in [5.41, 5.74) is 0. The molecule has 1 rings (SSSR count). The Labute approximate surface area is 230 Å². The van der Waals surface area contributed by atoms with Gasteiger partial charge in [0.25, 0.3) is 0 Å². The lowest BCUT2D eigenvalue weighted by Gasteiger charge is -2.13. The van der Waals surface area contributed by atoms with Crippen molar-refractivity contribution in [2.75, 3.05) is 65.9 Å². The Morgan fingerprint density at radius 3 is 2.05 bits per heavy atom. The average molecular weight is 557 g/mol. The van der Waals surface area contributed by atoms with Gasteiger partial charge in [-0.2, -0.15) is 0 Å². The molecular weight excluding hydrogens is 512 g/mol. The molecule has 12 nitrogen and oxygen atoms in total. The van der Waals surface area contributed by atoms with Crippen molar-refractivity contribution < 1.29 is 47.7 Å². The number of carbonyl (C=O) groups is 6. The number of unbranched alkanes of at least 4 members (excludes halogenated alkanes) is 1. The number of nitrogens with one attached hydrogen (secondary N) is 1. The van der Waals surface area contributed by atoms with Crippen molar-refractivity contribution in [2.24, 2.45) is 5.92 Å². The Balaban J connectivity index is 1.86. The number of amides is 3. The molecule has 3 amide bonds. The van der Waals surface area contributed by atoms with Gasteiger partial charge in [0.2, 0.25) is 17.7 Å². The molecule has 39 heavy (non-hydrogen) atoms. The second-order valence-corrected chi connectivity index (χ2v) is 9.51. The fourth-order valence-electron chi connectivity index (χ4n) is 3.69. The van der Waals surface area contributed by atoms with E-state index >= 15 is 0 Å². The highest BCUT2D eigenvalue weighted by Gasteiger charge is 2.35. The van der Waals surface area contributed by atoms with E-state index in [2.05, 4.69) is 5.32 Å². The second-order valence-electron chi connectivity index (χ2n) is 9.51. The molecule has 0 aromatic carbocycles. The predicted molar refractivity (Wildman–Crippen MR) is 140 cm³/mol. The van der Waals surface area contributed by atoms with E-state index < -0.39 is 0 Å². The van der Waals surface area contributed by atoms with E-state index in [1.54, 1.807) is 6.92 Å². The highest BCUT2D eigenvalue weighted by atomic mass is 16.5. The van der Waals surface area contributed by atoms with Crippen LogP contribution in [0, 0.1) is 5.92 Å². The van der Waals surface area contributed by atoms with Crippen LogP contribution < -0.4 is 5.32 Å². The van der Waals surface area contributed by atoms with Gasteiger partial charge in [0.05, 0.1) is 33.0 Å². The number of carbonyl (C=O) groups excluding carboxylic acids is 6. The lowest BCUT2D eigenvalue weighted by molar-refractivity contribution is -0.139. The molecule has 1 aliphatic heterocycles. The number of ketones is 3. The molecule has 1 heterocycles. The Kier molecular flexibility index (Phi) is 18.8. The summed E-state index contributed by atoms with van der Waals surface area (Å²) in [4.78, 5) is 71.1. The maximum Gasteiger partial charge on any atom is 0.232 e. The minimum atomic E-state index is -0.305. The van der Waals surface area contributed by atoms with Crippen molar-refractivity contribution in [1.82, 2.24) is 10.2 Å². The van der Waals surface area contributed by atoms with Crippen LogP contribution >= 0.6 is 0 Å². The maximum absolute atomic E-state index is 12.0. The summed E-state index contributed by atoms with van der Waals surface area (Å²) in [6.07, 6.45) is 3.07. The van der Waals surface area contributed by atoms with E-state index in [-0.39, 0.29) is 80.2 Å². The summed E-state index contributed by atoms with van der Waals surface area (Å²) >= 11 is 0. The smallest absolute Gasteiger partial charge is 0.232 e. The number of imide groups is 1. The Hall–Kier alpha value is -2.54. The summed E-state index contributed by atoms with van der Waals surface area (Å²) < 4.78 is 21.0. The van der Waals surface area contributed by atoms with Crippen LogP contribution in [0.3, 0.4) is 0 Å². The molecule has 0 aliphatic carbocycles. The van der Waals surface area contributed by atoms with Gasteiger partial charge in [-0.15, -0.1) is 0 Å². The summed E-state index contributed by atoms with van der Waals surface area (Å²) in [7, 11) is 0. The highest BCUT2D eigenvalue weighted by Crippen LogP contribution is 2.19. The van der Waals surface area contributed by atoms with Gasteiger partial charge in [-0.25, -0.2) is 0 Å². The monoisotopic (exact) mass is 556 g/mol. The van der Waals surface area contributed by atoms with E-state index in [9.17, 15) is 28.8 Å². The molecule has 1 saturated heterocycles. The first-order valence-electron chi connectivity index (χ1n) is 13.7. The van der Waals surface area contributed by atoms with Crippen molar-refractivity contribution in [2.45, 2.75) is 65.2 Å². The third-order valence-electron chi connectivity index (χ3n) is 5.82. The highest BCUT2D eigenvalue weighted by molar-refractivity contribution is 6.03. The first-order chi connectivity index (χ1) is 18.7. The Bertz CT molecular complexity index is 801. The van der Waals surface area contributed by atoms with Gasteiger partial charge in [-0.1, -0.05) is 6.92 Å². The van der Waals surface area contributed by atoms with E-state index in [0.717, 1.165) is 0 Å². The topological polar surface area (TPSA) is 155 Å². The molecule has 222 valence electrons. The molecule has 1 unspecified atom stereocenters. The fraction of sp³-hybridized carbons (Fsp3) is 0.778. The lowest BCUT2D eigenvalue weighted by Crippen LogP contribution is -2.32. The Morgan fingerprint density at radius 1 is 0.769 bits per heavy atom. The fourth-order valence-corrected chi connectivity index (χ4v) is 3.69. The standard InChI is InChI=1S/C27H44N2O10/c1-21-18-26(34)29(27(21)35)11-9-23(31)6-3-4-8-25(33)28-10-13-37-15-17-39-20-24(32)7-5-12-36-14-16-38-19-22(2)30/h21H,3-20H2,1-2H3,(H,28,33). The van der Waals surface area contributed by atoms with Crippen molar-refractivity contribution in [1.29, 1.82) is 0 Å². The zero-order valence-corrected chi connectivity index (χ0v) is 23.3. The van der Waals surface area contributed by atoms with Gasteiger partial charge >= 0.3 is 0 Å². The van der Waals surface area contributed by atoms with Crippen LogP contribution in [0.2, 0.25) is 0 Å². The van der Waals surface area contributed by atoms with Gasteiger partial charge in [-0.3, -0.25) is 33.7 Å². The largest absolute Gasteiger partial charge is 0.379 e. The molecule has 1 atom stereocenters. The van der Waals surface area contributed by atoms with E-state index in [1.807, 2.05) is 0 Å². The van der Waals surface area contributed by atoms with Crippen molar-refractivity contribution in [3.8, 4) is 0 Å². The van der Waals surface area contributed by atoms with Crippen LogP contribution in [-0.4, -0.2) is 106 Å². The maximum atomic E-state index is 12.0. The van der Waals surface area contributed by atoms with Gasteiger partial charge in [0, 0.05) is 57.7 Å². The molecule has 0 aromatic rings. The van der Waals surface area contributed by atoms with Crippen LogP contribution in [0.15, 0.2) is 0 Å². The first-order valence-corrected chi connectivity index (χ1v) is 13.7. The van der Waals surface area contributed by atoms with Crippen molar-refractivity contribution >= 4 is 35.1 Å². The Morgan fingerprint density at radius 2 is 1.38 bits per heavy atom. The number of hydrogen-bond acceptors (Lipinski definition) is 10. The van der Waals surface area contributed by atoms with Gasteiger partial charge < -0.3 is 24.3 Å². The van der Waals surface area contributed by atoms with Crippen molar-refractivity contribution in [3.63, 3.8) is 0 Å². The lowest BCUT2D eigenvalue weighted by atomic mass is 10.1. The molecule has 1 N–H and O–H groups in total. The van der Waals surface area contributed by atoms with E-state index in [4.69, 9.17) is 18.9 Å². The van der Waals surface area contributed by atoms with Crippen LogP contribution in [0.5, 0.6) is 0 Å². The van der Waals surface area contributed by atoms with Crippen LogP contribution in [-0.2, 0) is 47.7 Å². The number of likely N-dealkylation sites (tertiary alicyclic amines) is 1. The minimum Gasteiger partial charge on any atom is -0.379 e. The molecule has 0 spiro atoms. The summed E-state index contributed by atoms with van der Waals surface area (Å²) in [6.45, 7) is 5.82. The number of ether oxygens (including phenoxy) is 4. The normalized spacial score (nSPS) is 15.1. The molecule has 0 bridgehead atoms. The number of Topliss-reactive ketones (excluding diaryl/α,β-unsaturated/α-hetero) is 3. The quantitative estimate of drug-likeness (QED) is 0.127. The minimum absolute atomic E-state index is 0.0119. The summed E-state index contributed by atoms with van der Waals surface area (Å²) in [6, 6.07) is 0. The molecule has 1 aliphatic rings. The summed E-state index contributed by atoms with van der Waals surface area (Å²) in [5.74, 6) is -0.935. The first kappa shape index (κ1) is 34.5. The predicted octanol–water partition coefficient (Wildman–Crippen LogP) is 1.02. The zero-order valence-electron chi connectivity index (χ0n) is 23.3. The molecule has 0 radical (unpaired) electrons. The summed E-state index contributed by atoms with van der Waals surface area (Å²) in [5, 5.41) is 2.75. The third-order valence-corrected chi connectivity index (χ3v) is 5.82. The third kappa shape index (κ3) is 17.6. The molecule has 1 fully saturated rings. The number of nitrogens with zero attached hydrogens (tertiary/aromatic N) is 1. The number of rotatable bonds is 25. The van der Waals surface area contributed by atoms with Gasteiger partial charge in [0.15, 0.2) is 11.6 Å². The molecule has 0 saturated carbocycles. The second kappa shape index (κ2) is 21.3. The molecular formula is C27H44N2O10. The number of hydrogen-bond donors (Lipinski definition) is 1. The van der Waals surface area contributed by atoms with E-state index in [0.29, 0.717) is 78.1 Å². The van der Waals surface area contributed by atoms with Crippen molar-refractivity contribution in [3.05, 3.63) is 0 Å². The SMILES string of the molecule is CC(=O)COCCOCCCC(=O)COCCOCCNC(=O)CCCCC(=O)CCN1C(=O)CC(C)C1=O. The van der Waals surface area contributed by atoms with Crippen LogP contribution in [0.4, 0.5) is 0 Å². The molecule has 12 heteroatoms. The van der Waals surface area contributed by atoms with Gasteiger partial charge in [0.1, 0.15) is 19.0 Å². The molecule has 0 aromatic heterocycles. The van der Waals surface area contributed by atoms with Crippen LogP contribution in [0.25, 0.3) is 0 Å². The average Bonchev–Trinajstić information content (AvgIpc) is 3.13.